The van der Waals surface area contributed by atoms with Gasteiger partial charge < -0.3 is 10.6 Å². The number of hydrogen-bond acceptors (Lipinski definition) is 2. The van der Waals surface area contributed by atoms with E-state index in [0.29, 0.717) is 38.5 Å². The average Bonchev–Trinajstić information content (AvgIpc) is 2.72. The third-order valence-corrected chi connectivity index (χ3v) is 4.78. The predicted molar refractivity (Wildman–Crippen MR) is 99.0 cm³/mol. The van der Waals surface area contributed by atoms with Crippen LogP contribution in [0.1, 0.15) is 65.2 Å². The maximum atomic E-state index is 13.8. The van der Waals surface area contributed by atoms with Gasteiger partial charge in [0.2, 0.25) is 0 Å². The maximum absolute atomic E-state index is 13.8. The third kappa shape index (κ3) is 6.65. The van der Waals surface area contributed by atoms with Gasteiger partial charge in [0.15, 0.2) is 0 Å². The minimum atomic E-state index is -7.48. The van der Waals surface area contributed by atoms with Crippen LogP contribution in [0.15, 0.2) is 0 Å². The smallest absolute Gasteiger partial charge is 0.351 e. The van der Waals surface area contributed by atoms with Gasteiger partial charge in [-0.1, -0.05) is 52.4 Å². The van der Waals surface area contributed by atoms with Crippen molar-refractivity contribution in [2.24, 2.45) is 0 Å². The van der Waals surface area contributed by atoms with Crippen molar-refractivity contribution >= 4 is 11.8 Å². The van der Waals surface area contributed by atoms with E-state index < -0.39 is 54.5 Å². The Hall–Kier alpha value is -1.76. The molecule has 0 aliphatic rings. The summed E-state index contributed by atoms with van der Waals surface area (Å²) in [6.45, 7) is 2.20. The fraction of sp³-hybridized carbons (Fsp3) is 0.895. The Kier molecular flexibility index (Phi) is 11.4. The van der Waals surface area contributed by atoms with Crippen molar-refractivity contribution in [3.05, 3.63) is 0 Å². The normalized spacial score (nSPS) is 13.7. The first-order chi connectivity index (χ1) is 15.0. The zero-order valence-electron chi connectivity index (χ0n) is 18.2. The Morgan fingerprint density at radius 2 is 0.818 bits per heavy atom. The van der Waals surface area contributed by atoms with Gasteiger partial charge in [-0.3, -0.25) is 9.59 Å². The van der Waals surface area contributed by atoms with Crippen LogP contribution < -0.4 is 10.6 Å². The van der Waals surface area contributed by atoms with Crippen molar-refractivity contribution in [1.82, 2.24) is 10.6 Å². The zero-order valence-corrected chi connectivity index (χ0v) is 18.2. The molecule has 196 valence electrons. The van der Waals surface area contributed by atoms with E-state index >= 15 is 0 Å². The summed E-state index contributed by atoms with van der Waals surface area (Å²) in [6, 6.07) is 0. The molecule has 2 N–H and O–H groups in total. The van der Waals surface area contributed by atoms with Gasteiger partial charge in [0.05, 0.1) is 0 Å². The van der Waals surface area contributed by atoms with Crippen LogP contribution in [-0.2, 0) is 9.59 Å². The van der Waals surface area contributed by atoms with Crippen LogP contribution in [0, 0.1) is 0 Å². The minimum absolute atomic E-state index is 0.00964. The second kappa shape index (κ2) is 12.1. The summed E-state index contributed by atoms with van der Waals surface area (Å²) < 4.78 is 138. The standard InChI is InChI=1S/C19H28F10N2O2/c1-3-5-7-9-11-30-13(32)15(20,21)17(24,25)19(28,29)18(26,27)16(22,23)14(33)31-12-10-8-6-4-2/h3-12H2,1-2H3,(H,30,32)(H,31,33). The highest BCUT2D eigenvalue weighted by molar-refractivity contribution is 5.86. The third-order valence-electron chi connectivity index (χ3n) is 4.78. The maximum Gasteiger partial charge on any atom is 0.392 e. The Balaban J connectivity index is 5.58. The topological polar surface area (TPSA) is 58.2 Å². The number of alkyl halides is 10. The van der Waals surface area contributed by atoms with Crippen LogP contribution in [0.25, 0.3) is 0 Å². The Morgan fingerprint density at radius 1 is 0.515 bits per heavy atom. The molecule has 0 rings (SSSR count). The number of nitrogens with one attached hydrogen (secondary N) is 2. The fourth-order valence-corrected chi connectivity index (χ4v) is 2.61. The van der Waals surface area contributed by atoms with Gasteiger partial charge in [-0.2, -0.15) is 43.9 Å². The van der Waals surface area contributed by atoms with Gasteiger partial charge in [-0.05, 0) is 12.8 Å². The van der Waals surface area contributed by atoms with Gasteiger partial charge >= 0.3 is 29.6 Å². The Bertz CT molecular complexity index is 590. The Labute approximate surface area is 184 Å². The van der Waals surface area contributed by atoms with E-state index in [4.69, 9.17) is 0 Å². The van der Waals surface area contributed by atoms with E-state index in [1.165, 1.54) is 10.6 Å². The largest absolute Gasteiger partial charge is 0.392 e. The highest BCUT2D eigenvalue weighted by Gasteiger charge is 2.88. The van der Waals surface area contributed by atoms with Crippen LogP contribution in [-0.4, -0.2) is 54.5 Å². The highest BCUT2D eigenvalue weighted by atomic mass is 19.4. The van der Waals surface area contributed by atoms with Crippen LogP contribution in [0.5, 0.6) is 0 Å². The molecular formula is C19H28F10N2O2. The van der Waals surface area contributed by atoms with E-state index in [0.717, 1.165) is 0 Å². The monoisotopic (exact) mass is 506 g/mol. The van der Waals surface area contributed by atoms with E-state index in [1.807, 2.05) is 0 Å². The number of amides is 2. The van der Waals surface area contributed by atoms with Crippen molar-refractivity contribution in [1.29, 1.82) is 0 Å². The molecule has 4 nitrogen and oxygen atoms in total. The molecule has 33 heavy (non-hydrogen) atoms. The predicted octanol–water partition coefficient (Wildman–Crippen LogP) is 5.56. The highest BCUT2D eigenvalue weighted by Crippen LogP contribution is 2.57. The van der Waals surface area contributed by atoms with Crippen molar-refractivity contribution in [3.63, 3.8) is 0 Å². The molecule has 0 aliphatic heterocycles. The van der Waals surface area contributed by atoms with E-state index in [2.05, 4.69) is 0 Å². The molecule has 0 fully saturated rings. The Morgan fingerprint density at radius 3 is 1.09 bits per heavy atom. The molecule has 0 spiro atoms. The molecule has 0 radical (unpaired) electrons. The van der Waals surface area contributed by atoms with Crippen LogP contribution in [0.2, 0.25) is 0 Å². The van der Waals surface area contributed by atoms with Crippen LogP contribution in [0.3, 0.4) is 0 Å². The van der Waals surface area contributed by atoms with E-state index in [-0.39, 0.29) is 12.8 Å². The SMILES string of the molecule is CCCCCCNC(=O)C(F)(F)C(F)(F)C(F)(F)C(F)(F)C(F)(F)C(=O)NCCCCCC. The molecule has 0 heterocycles. The minimum Gasteiger partial charge on any atom is -0.351 e. The fourth-order valence-electron chi connectivity index (χ4n) is 2.61. The van der Waals surface area contributed by atoms with Crippen molar-refractivity contribution in [2.45, 2.75) is 94.8 Å². The molecule has 2 amide bonds. The number of hydrogen-bond donors (Lipinski definition) is 2. The zero-order chi connectivity index (χ0) is 26.1. The lowest BCUT2D eigenvalue weighted by Gasteiger charge is -2.38. The molecule has 0 aromatic heterocycles. The lowest BCUT2D eigenvalue weighted by molar-refractivity contribution is -0.387. The van der Waals surface area contributed by atoms with Crippen molar-refractivity contribution in [3.8, 4) is 0 Å². The first-order valence-corrected chi connectivity index (χ1v) is 10.4. The van der Waals surface area contributed by atoms with Gasteiger partial charge in [0.1, 0.15) is 0 Å². The molecular weight excluding hydrogens is 478 g/mol. The quantitative estimate of drug-likeness (QED) is 0.213. The van der Waals surface area contributed by atoms with Gasteiger partial charge in [-0.15, -0.1) is 0 Å². The number of rotatable bonds is 16. The van der Waals surface area contributed by atoms with E-state index in [1.54, 1.807) is 13.8 Å². The molecule has 0 aliphatic carbocycles. The lowest BCUT2D eigenvalue weighted by Crippen LogP contribution is -2.71. The summed E-state index contributed by atoms with van der Waals surface area (Å²) >= 11 is 0. The second-order valence-electron chi connectivity index (χ2n) is 7.51. The number of carbonyl (C=O) groups excluding carboxylic acids is 2. The first kappa shape index (κ1) is 31.2. The van der Waals surface area contributed by atoms with Crippen LogP contribution >= 0.6 is 0 Å². The lowest BCUT2D eigenvalue weighted by atomic mass is 9.93. The number of unbranched alkanes of at least 4 members (excludes halogenated alkanes) is 6. The summed E-state index contributed by atoms with van der Waals surface area (Å²) in [5.41, 5.74) is 0. The van der Waals surface area contributed by atoms with E-state index in [9.17, 15) is 53.5 Å². The van der Waals surface area contributed by atoms with Gasteiger partial charge in [0.25, 0.3) is 11.8 Å². The molecule has 0 bridgehead atoms. The average molecular weight is 506 g/mol. The molecule has 0 saturated carbocycles. The first-order valence-electron chi connectivity index (χ1n) is 10.4. The van der Waals surface area contributed by atoms with Crippen molar-refractivity contribution in [2.75, 3.05) is 13.1 Å². The summed E-state index contributed by atoms with van der Waals surface area (Å²) in [5.74, 6) is -41.1. The summed E-state index contributed by atoms with van der Waals surface area (Å²) in [7, 11) is 0. The molecule has 14 heteroatoms. The van der Waals surface area contributed by atoms with Crippen LogP contribution in [0.4, 0.5) is 43.9 Å². The summed E-state index contributed by atoms with van der Waals surface area (Å²) in [6.07, 6.45) is 3.17. The molecule has 0 aromatic rings. The molecule has 0 saturated heterocycles. The second-order valence-corrected chi connectivity index (χ2v) is 7.51. The van der Waals surface area contributed by atoms with Gasteiger partial charge in [0, 0.05) is 13.1 Å². The number of carbonyl (C=O) groups is 2. The molecule has 0 atom stereocenters. The number of halogens is 10. The summed E-state index contributed by atoms with van der Waals surface area (Å²) in [5, 5.41) is 2.41. The van der Waals surface area contributed by atoms with Gasteiger partial charge in [-0.25, -0.2) is 0 Å². The summed E-state index contributed by atoms with van der Waals surface area (Å²) in [4.78, 5) is 22.7. The molecule has 0 unspecified atom stereocenters. The van der Waals surface area contributed by atoms with Crippen molar-refractivity contribution < 1.29 is 53.5 Å². The molecule has 0 aromatic carbocycles.